The van der Waals surface area contributed by atoms with Crippen LogP contribution in [0, 0.1) is 17.3 Å². The van der Waals surface area contributed by atoms with E-state index in [9.17, 15) is 4.79 Å². The number of fused-ring (bicyclic) bond motifs is 1. The van der Waals surface area contributed by atoms with Crippen LogP contribution in [0.25, 0.3) is 0 Å². The van der Waals surface area contributed by atoms with Crippen molar-refractivity contribution in [2.75, 3.05) is 0 Å². The van der Waals surface area contributed by atoms with Crippen molar-refractivity contribution in [1.82, 2.24) is 0 Å². The fourth-order valence-corrected chi connectivity index (χ4v) is 6.87. The molecule has 0 radical (unpaired) electrons. The molecular formula is C33H60O2. The highest BCUT2D eigenvalue weighted by Gasteiger charge is 2.46. The van der Waals surface area contributed by atoms with Crippen LogP contribution in [0.4, 0.5) is 0 Å². The quantitative estimate of drug-likeness (QED) is 0.109. The Morgan fingerprint density at radius 2 is 1.40 bits per heavy atom. The number of ether oxygens (including phenoxy) is 1. The van der Waals surface area contributed by atoms with Crippen LogP contribution < -0.4 is 0 Å². The van der Waals surface area contributed by atoms with Crippen molar-refractivity contribution < 1.29 is 9.53 Å². The summed E-state index contributed by atoms with van der Waals surface area (Å²) in [5, 5.41) is 0. The van der Waals surface area contributed by atoms with Crippen LogP contribution in [0.3, 0.4) is 0 Å². The normalized spacial score (nSPS) is 24.7. The maximum absolute atomic E-state index is 12.6. The molecule has 2 rings (SSSR count). The highest BCUT2D eigenvalue weighted by Crippen LogP contribution is 2.54. The first-order valence-corrected chi connectivity index (χ1v) is 15.7. The number of carbonyl (C=O) groups is 1. The number of allylic oxidation sites excluding steroid dienone is 2. The Labute approximate surface area is 219 Å². The summed E-state index contributed by atoms with van der Waals surface area (Å²) < 4.78 is 6.09. The highest BCUT2D eigenvalue weighted by molar-refractivity contribution is 5.69. The smallest absolute Gasteiger partial charge is 0.306 e. The average Bonchev–Trinajstić information content (AvgIpc) is 2.81. The Morgan fingerprint density at radius 3 is 1.94 bits per heavy atom. The second-order valence-electron chi connectivity index (χ2n) is 12.9. The Balaban J connectivity index is 1.48. The lowest BCUT2D eigenvalue weighted by atomic mass is 9.56. The van der Waals surface area contributed by atoms with Crippen molar-refractivity contribution in [3.63, 3.8) is 0 Å². The summed E-state index contributed by atoms with van der Waals surface area (Å²) in [6, 6.07) is 0. The third-order valence-electron chi connectivity index (χ3n) is 9.50. The van der Waals surface area contributed by atoms with E-state index in [2.05, 4.69) is 40.7 Å². The van der Waals surface area contributed by atoms with Crippen molar-refractivity contribution in [3.05, 3.63) is 11.6 Å². The number of hydrogen-bond donors (Lipinski definition) is 0. The average molecular weight is 489 g/mol. The summed E-state index contributed by atoms with van der Waals surface area (Å²) in [6.07, 6.45) is 29.5. The van der Waals surface area contributed by atoms with Gasteiger partial charge in [0.2, 0.25) is 0 Å². The van der Waals surface area contributed by atoms with E-state index in [1.807, 2.05) is 0 Å². The van der Waals surface area contributed by atoms with Gasteiger partial charge in [-0.3, -0.25) is 4.79 Å². The SMILES string of the molecule is CCCCCCCCCCCCCCCCCC(=O)OC(C)(C)[C@@H]1CC[C@@]2(C)CCC=C(C)[C@@H]2C1. The van der Waals surface area contributed by atoms with Crippen molar-refractivity contribution in [3.8, 4) is 0 Å². The summed E-state index contributed by atoms with van der Waals surface area (Å²) in [5.41, 5.74) is 1.69. The summed E-state index contributed by atoms with van der Waals surface area (Å²) in [4.78, 5) is 12.6. The van der Waals surface area contributed by atoms with Crippen LogP contribution in [0.15, 0.2) is 11.6 Å². The molecule has 3 atom stereocenters. The Bertz CT molecular complexity index is 619. The van der Waals surface area contributed by atoms with Crippen molar-refractivity contribution in [1.29, 1.82) is 0 Å². The number of rotatable bonds is 18. The van der Waals surface area contributed by atoms with E-state index in [0.29, 0.717) is 23.7 Å². The number of esters is 1. The first-order chi connectivity index (χ1) is 16.8. The van der Waals surface area contributed by atoms with Gasteiger partial charge in [0.25, 0.3) is 0 Å². The topological polar surface area (TPSA) is 26.3 Å². The summed E-state index contributed by atoms with van der Waals surface area (Å²) in [5.74, 6) is 1.17. The number of carbonyl (C=O) groups excluding carboxylic acids is 1. The standard InChI is InChI=1S/C33H60O2/c1-6-7-8-9-10-11-12-13-14-15-16-17-18-19-20-23-31(34)35-32(3,4)29-24-26-33(5)25-21-22-28(2)30(33)27-29/h22,29-30H,6-21,23-27H2,1-5H3/t29-,30+,33-/m1/s1. The number of unbranched alkanes of at least 4 members (excludes halogenated alkanes) is 14. The van der Waals surface area contributed by atoms with Gasteiger partial charge >= 0.3 is 5.97 Å². The summed E-state index contributed by atoms with van der Waals surface area (Å²) in [7, 11) is 0. The first-order valence-electron chi connectivity index (χ1n) is 15.7. The van der Waals surface area contributed by atoms with Gasteiger partial charge in [0.05, 0.1) is 0 Å². The van der Waals surface area contributed by atoms with E-state index >= 15 is 0 Å². The van der Waals surface area contributed by atoms with Gasteiger partial charge in [-0.1, -0.05) is 115 Å². The molecule has 0 unspecified atom stereocenters. The molecule has 204 valence electrons. The van der Waals surface area contributed by atoms with Crippen LogP contribution in [0.1, 0.15) is 169 Å². The maximum Gasteiger partial charge on any atom is 0.306 e. The Hall–Kier alpha value is -0.790. The molecule has 1 saturated carbocycles. The Morgan fingerprint density at radius 1 is 0.886 bits per heavy atom. The summed E-state index contributed by atoms with van der Waals surface area (Å²) in [6.45, 7) is 11.4. The van der Waals surface area contributed by atoms with E-state index < -0.39 is 0 Å². The third-order valence-corrected chi connectivity index (χ3v) is 9.50. The van der Waals surface area contributed by atoms with Crippen LogP contribution in [0.5, 0.6) is 0 Å². The van der Waals surface area contributed by atoms with Crippen LogP contribution >= 0.6 is 0 Å². The molecule has 0 bridgehead atoms. The predicted molar refractivity (Wildman–Crippen MR) is 152 cm³/mol. The van der Waals surface area contributed by atoms with Crippen LogP contribution in [-0.2, 0) is 9.53 Å². The lowest BCUT2D eigenvalue weighted by Gasteiger charge is -2.50. The van der Waals surface area contributed by atoms with Crippen LogP contribution in [-0.4, -0.2) is 11.6 Å². The molecule has 2 aliphatic rings. The fraction of sp³-hybridized carbons (Fsp3) is 0.909. The third kappa shape index (κ3) is 11.0. The van der Waals surface area contributed by atoms with Gasteiger partial charge in [0.15, 0.2) is 0 Å². The molecule has 0 aromatic heterocycles. The molecule has 0 saturated heterocycles. The second-order valence-corrected chi connectivity index (χ2v) is 12.9. The highest BCUT2D eigenvalue weighted by atomic mass is 16.6. The summed E-state index contributed by atoms with van der Waals surface area (Å²) >= 11 is 0. The molecule has 0 aromatic carbocycles. The molecular weight excluding hydrogens is 428 g/mol. The van der Waals surface area contributed by atoms with E-state index in [1.165, 1.54) is 122 Å². The monoisotopic (exact) mass is 488 g/mol. The largest absolute Gasteiger partial charge is 0.459 e. The molecule has 0 N–H and O–H groups in total. The first kappa shape index (κ1) is 30.4. The molecule has 0 aliphatic heterocycles. The molecule has 2 aliphatic carbocycles. The zero-order chi connectivity index (χ0) is 25.6. The van der Waals surface area contributed by atoms with Gasteiger partial charge in [0, 0.05) is 6.42 Å². The van der Waals surface area contributed by atoms with E-state index in [4.69, 9.17) is 4.74 Å². The van der Waals surface area contributed by atoms with E-state index in [0.717, 1.165) is 6.42 Å². The molecule has 35 heavy (non-hydrogen) atoms. The van der Waals surface area contributed by atoms with Gasteiger partial charge in [0.1, 0.15) is 5.60 Å². The minimum Gasteiger partial charge on any atom is -0.459 e. The van der Waals surface area contributed by atoms with Gasteiger partial charge in [-0.25, -0.2) is 0 Å². The Kier molecular flexibility index (Phi) is 14.0. The molecule has 0 aromatic rings. The lowest BCUT2D eigenvalue weighted by molar-refractivity contribution is -0.165. The van der Waals surface area contributed by atoms with Crippen molar-refractivity contribution in [2.45, 2.75) is 175 Å². The molecule has 0 amide bonds. The van der Waals surface area contributed by atoms with Crippen molar-refractivity contribution >= 4 is 5.97 Å². The molecule has 0 heterocycles. The van der Waals surface area contributed by atoms with Gasteiger partial charge in [-0.2, -0.15) is 0 Å². The molecule has 1 fully saturated rings. The predicted octanol–water partition coefficient (Wildman–Crippen LogP) is 10.7. The zero-order valence-electron chi connectivity index (χ0n) is 24.4. The molecule has 2 nitrogen and oxygen atoms in total. The molecule has 0 spiro atoms. The fourth-order valence-electron chi connectivity index (χ4n) is 6.87. The van der Waals surface area contributed by atoms with Gasteiger partial charge < -0.3 is 4.74 Å². The van der Waals surface area contributed by atoms with E-state index in [1.54, 1.807) is 5.57 Å². The van der Waals surface area contributed by atoms with E-state index in [-0.39, 0.29) is 11.6 Å². The molecule has 2 heteroatoms. The lowest BCUT2D eigenvalue weighted by Crippen LogP contribution is -2.45. The van der Waals surface area contributed by atoms with Crippen LogP contribution in [0.2, 0.25) is 0 Å². The second kappa shape index (κ2) is 16.1. The van der Waals surface area contributed by atoms with Gasteiger partial charge in [-0.15, -0.1) is 0 Å². The maximum atomic E-state index is 12.6. The minimum atomic E-state index is -0.342. The minimum absolute atomic E-state index is 0.0222. The number of hydrogen-bond acceptors (Lipinski definition) is 2. The van der Waals surface area contributed by atoms with Gasteiger partial charge in [-0.05, 0) is 76.5 Å². The van der Waals surface area contributed by atoms with Crippen molar-refractivity contribution in [2.24, 2.45) is 17.3 Å². The zero-order valence-corrected chi connectivity index (χ0v) is 24.4.